The van der Waals surface area contributed by atoms with Gasteiger partial charge in [-0.2, -0.15) is 5.10 Å². The Morgan fingerprint density at radius 2 is 1.95 bits per heavy atom. The summed E-state index contributed by atoms with van der Waals surface area (Å²) in [4.78, 5) is 0. The molecular weight excluding hydrogens is 258 g/mol. The molecule has 1 heterocycles. The summed E-state index contributed by atoms with van der Waals surface area (Å²) in [5.41, 5.74) is 2.52. The first kappa shape index (κ1) is 13.8. The number of aromatic nitrogens is 2. The molecule has 3 rings (SSSR count). The van der Waals surface area contributed by atoms with Crippen LogP contribution in [0, 0.1) is 0 Å². The average molecular weight is 279 g/mol. The Balaban J connectivity index is 2.09. The highest BCUT2D eigenvalue weighted by molar-refractivity contribution is 5.86. The van der Waals surface area contributed by atoms with Crippen molar-refractivity contribution in [3.05, 3.63) is 66.0 Å². The maximum atomic E-state index is 4.33. The fourth-order valence-electron chi connectivity index (χ4n) is 2.79. The molecule has 0 fully saturated rings. The summed E-state index contributed by atoms with van der Waals surface area (Å²) in [6.45, 7) is 3.18. The second-order valence-electron chi connectivity index (χ2n) is 5.40. The third-order valence-electron chi connectivity index (χ3n) is 3.79. The smallest absolute Gasteiger partial charge is 0.0614 e. The molecule has 0 aliphatic heterocycles. The van der Waals surface area contributed by atoms with Crippen LogP contribution in [0.4, 0.5) is 0 Å². The minimum Gasteiger partial charge on any atom is -0.306 e. The quantitative estimate of drug-likeness (QED) is 0.772. The molecule has 0 aliphatic carbocycles. The van der Waals surface area contributed by atoms with Gasteiger partial charge in [0.15, 0.2) is 0 Å². The molecule has 0 bridgehead atoms. The third-order valence-corrected chi connectivity index (χ3v) is 3.79. The lowest BCUT2D eigenvalue weighted by Gasteiger charge is -2.19. The van der Waals surface area contributed by atoms with E-state index in [0.717, 1.165) is 13.0 Å². The van der Waals surface area contributed by atoms with Crippen LogP contribution in [0.5, 0.6) is 0 Å². The summed E-state index contributed by atoms with van der Waals surface area (Å²) in [5, 5.41) is 10.6. The van der Waals surface area contributed by atoms with E-state index in [-0.39, 0.29) is 6.04 Å². The summed E-state index contributed by atoms with van der Waals surface area (Å²) >= 11 is 0. The van der Waals surface area contributed by atoms with E-state index in [9.17, 15) is 0 Å². The molecule has 108 valence electrons. The van der Waals surface area contributed by atoms with Gasteiger partial charge in [-0.3, -0.25) is 4.68 Å². The van der Waals surface area contributed by atoms with Gasteiger partial charge < -0.3 is 5.32 Å². The number of aryl methyl sites for hydroxylation is 1. The Labute approximate surface area is 125 Å². The summed E-state index contributed by atoms with van der Waals surface area (Å²) in [6.07, 6.45) is 5.16. The molecule has 3 heteroatoms. The lowest BCUT2D eigenvalue weighted by atomic mass is 9.95. The fourth-order valence-corrected chi connectivity index (χ4v) is 2.79. The molecule has 21 heavy (non-hydrogen) atoms. The number of rotatable bonds is 5. The van der Waals surface area contributed by atoms with Crippen LogP contribution < -0.4 is 5.32 Å². The summed E-state index contributed by atoms with van der Waals surface area (Å²) in [7, 11) is 1.96. The van der Waals surface area contributed by atoms with Crippen molar-refractivity contribution in [3.8, 4) is 0 Å². The molecule has 1 N–H and O–H groups in total. The van der Waals surface area contributed by atoms with Gasteiger partial charge in [-0.25, -0.2) is 0 Å². The van der Waals surface area contributed by atoms with Gasteiger partial charge in [0.05, 0.1) is 12.2 Å². The van der Waals surface area contributed by atoms with Gasteiger partial charge in [-0.15, -0.1) is 0 Å². The van der Waals surface area contributed by atoms with Crippen molar-refractivity contribution in [3.63, 3.8) is 0 Å². The molecule has 0 radical (unpaired) electrons. The highest BCUT2D eigenvalue weighted by atomic mass is 15.2. The van der Waals surface area contributed by atoms with Crippen LogP contribution in [0.15, 0.2) is 54.9 Å². The zero-order chi connectivity index (χ0) is 14.7. The SMILES string of the molecule is CCCNC(c1cnn(C)c1)c1cccc2ccccc12. The van der Waals surface area contributed by atoms with E-state index in [2.05, 4.69) is 66.0 Å². The van der Waals surface area contributed by atoms with E-state index in [0.29, 0.717) is 0 Å². The predicted octanol–water partition coefficient (Wildman–Crippen LogP) is 3.66. The van der Waals surface area contributed by atoms with Gasteiger partial charge >= 0.3 is 0 Å². The maximum absolute atomic E-state index is 4.33. The number of benzene rings is 2. The Morgan fingerprint density at radius 1 is 1.14 bits per heavy atom. The zero-order valence-electron chi connectivity index (χ0n) is 12.6. The Kier molecular flexibility index (Phi) is 4.02. The average Bonchev–Trinajstić information content (AvgIpc) is 2.94. The number of nitrogens with zero attached hydrogens (tertiary/aromatic N) is 2. The summed E-state index contributed by atoms with van der Waals surface area (Å²) in [5.74, 6) is 0. The predicted molar refractivity (Wildman–Crippen MR) is 87.3 cm³/mol. The number of hydrogen-bond donors (Lipinski definition) is 1. The van der Waals surface area contributed by atoms with Gasteiger partial charge in [0.25, 0.3) is 0 Å². The molecule has 0 amide bonds. The first-order valence-corrected chi connectivity index (χ1v) is 7.49. The van der Waals surface area contributed by atoms with E-state index < -0.39 is 0 Å². The molecular formula is C18H21N3. The monoisotopic (exact) mass is 279 g/mol. The Morgan fingerprint density at radius 3 is 2.71 bits per heavy atom. The summed E-state index contributed by atoms with van der Waals surface area (Å²) in [6, 6.07) is 15.2. The second-order valence-corrected chi connectivity index (χ2v) is 5.40. The minimum atomic E-state index is 0.185. The molecule has 0 saturated carbocycles. The number of nitrogens with one attached hydrogen (secondary N) is 1. The fraction of sp³-hybridized carbons (Fsp3) is 0.278. The van der Waals surface area contributed by atoms with E-state index in [1.54, 1.807) is 0 Å². The highest BCUT2D eigenvalue weighted by Crippen LogP contribution is 2.28. The minimum absolute atomic E-state index is 0.185. The van der Waals surface area contributed by atoms with Crippen LogP contribution in [0.1, 0.15) is 30.5 Å². The topological polar surface area (TPSA) is 29.9 Å². The lowest BCUT2D eigenvalue weighted by molar-refractivity contribution is 0.601. The summed E-state index contributed by atoms with van der Waals surface area (Å²) < 4.78 is 1.86. The molecule has 1 atom stereocenters. The van der Waals surface area contributed by atoms with Crippen LogP contribution in [-0.2, 0) is 7.05 Å². The Bertz CT molecular complexity index is 725. The van der Waals surface area contributed by atoms with Gasteiger partial charge in [0.1, 0.15) is 0 Å². The van der Waals surface area contributed by atoms with Gasteiger partial charge in [0.2, 0.25) is 0 Å². The molecule has 3 nitrogen and oxygen atoms in total. The van der Waals surface area contributed by atoms with Crippen LogP contribution in [0.3, 0.4) is 0 Å². The standard InChI is InChI=1S/C18H21N3/c1-3-11-19-18(15-12-20-21(2)13-15)17-10-6-8-14-7-4-5-9-16(14)17/h4-10,12-13,18-19H,3,11H2,1-2H3. The van der Waals surface area contributed by atoms with Gasteiger partial charge in [-0.05, 0) is 29.3 Å². The van der Waals surface area contributed by atoms with E-state index >= 15 is 0 Å². The van der Waals surface area contributed by atoms with Gasteiger partial charge in [-0.1, -0.05) is 49.4 Å². The van der Waals surface area contributed by atoms with Crippen molar-refractivity contribution >= 4 is 10.8 Å². The second kappa shape index (κ2) is 6.10. The van der Waals surface area contributed by atoms with Crippen LogP contribution in [0.25, 0.3) is 10.8 Å². The van der Waals surface area contributed by atoms with Crippen LogP contribution in [0.2, 0.25) is 0 Å². The van der Waals surface area contributed by atoms with E-state index in [4.69, 9.17) is 0 Å². The van der Waals surface area contributed by atoms with Crippen molar-refractivity contribution in [2.24, 2.45) is 7.05 Å². The normalized spacial score (nSPS) is 12.7. The molecule has 0 saturated heterocycles. The first-order chi connectivity index (χ1) is 10.3. The van der Waals surface area contributed by atoms with Crippen LogP contribution >= 0.6 is 0 Å². The van der Waals surface area contributed by atoms with E-state index in [1.165, 1.54) is 21.9 Å². The molecule has 1 unspecified atom stereocenters. The van der Waals surface area contributed by atoms with Crippen molar-refractivity contribution in [1.29, 1.82) is 0 Å². The van der Waals surface area contributed by atoms with E-state index in [1.807, 2.05) is 17.9 Å². The third kappa shape index (κ3) is 2.83. The van der Waals surface area contributed by atoms with Crippen LogP contribution in [-0.4, -0.2) is 16.3 Å². The van der Waals surface area contributed by atoms with Crippen molar-refractivity contribution in [1.82, 2.24) is 15.1 Å². The van der Waals surface area contributed by atoms with Crippen molar-refractivity contribution in [2.75, 3.05) is 6.54 Å². The van der Waals surface area contributed by atoms with Crippen molar-refractivity contribution in [2.45, 2.75) is 19.4 Å². The molecule has 1 aromatic heterocycles. The number of fused-ring (bicyclic) bond motifs is 1. The highest BCUT2D eigenvalue weighted by Gasteiger charge is 2.17. The zero-order valence-corrected chi connectivity index (χ0v) is 12.6. The first-order valence-electron chi connectivity index (χ1n) is 7.49. The molecule has 0 spiro atoms. The molecule has 2 aromatic carbocycles. The number of hydrogen-bond acceptors (Lipinski definition) is 2. The van der Waals surface area contributed by atoms with Gasteiger partial charge in [0, 0.05) is 18.8 Å². The largest absolute Gasteiger partial charge is 0.306 e. The Hall–Kier alpha value is -2.13. The lowest BCUT2D eigenvalue weighted by Crippen LogP contribution is -2.23. The molecule has 3 aromatic rings. The van der Waals surface area contributed by atoms with Crippen molar-refractivity contribution < 1.29 is 0 Å². The molecule has 0 aliphatic rings. The maximum Gasteiger partial charge on any atom is 0.0614 e.